The van der Waals surface area contributed by atoms with Gasteiger partial charge in [0.05, 0.1) is 4.88 Å². The first-order chi connectivity index (χ1) is 6.79. The van der Waals surface area contributed by atoms with Crippen molar-refractivity contribution < 1.29 is 4.79 Å². The zero-order chi connectivity index (χ0) is 9.97. The van der Waals surface area contributed by atoms with Crippen molar-refractivity contribution in [3.8, 4) is 0 Å². The van der Waals surface area contributed by atoms with E-state index in [1.54, 1.807) is 0 Å². The van der Waals surface area contributed by atoms with Crippen LogP contribution in [-0.4, -0.2) is 5.78 Å². The molecule has 0 amide bonds. The number of thiophene rings is 1. The minimum Gasteiger partial charge on any atom is -0.288 e. The summed E-state index contributed by atoms with van der Waals surface area (Å²) in [6.45, 7) is 0. The van der Waals surface area contributed by atoms with Crippen molar-refractivity contribution in [1.82, 2.24) is 0 Å². The Morgan fingerprint density at radius 3 is 2.43 bits per heavy atom. The van der Waals surface area contributed by atoms with Crippen LogP contribution < -0.4 is 0 Å². The maximum atomic E-state index is 11.9. The molecule has 0 spiro atoms. The third-order valence-corrected chi connectivity index (χ3v) is 3.70. The first-order valence-electron chi connectivity index (χ1n) is 4.12. The van der Waals surface area contributed by atoms with E-state index in [0.717, 1.165) is 14.9 Å². The molecule has 14 heavy (non-hydrogen) atoms. The predicted octanol–water partition coefficient (Wildman–Crippen LogP) is 3.74. The number of carbonyl (C=O) groups is 1. The first kappa shape index (κ1) is 9.62. The topological polar surface area (TPSA) is 17.1 Å². The maximum absolute atomic E-state index is 11.9. The summed E-state index contributed by atoms with van der Waals surface area (Å²) in [5.74, 6) is 0.0764. The van der Waals surface area contributed by atoms with Gasteiger partial charge in [0.2, 0.25) is 5.78 Å². The fourth-order valence-electron chi connectivity index (χ4n) is 1.18. The highest BCUT2D eigenvalue weighted by Gasteiger charge is 2.12. The highest BCUT2D eigenvalue weighted by molar-refractivity contribution is 9.10. The quantitative estimate of drug-likeness (QED) is 0.757. The summed E-state index contributed by atoms with van der Waals surface area (Å²) in [5, 5.41) is 1.90. The van der Waals surface area contributed by atoms with Gasteiger partial charge in [-0.2, -0.15) is 0 Å². The van der Waals surface area contributed by atoms with Crippen molar-refractivity contribution in [3.05, 3.63) is 56.7 Å². The molecular formula is C11H7BrOS. The van der Waals surface area contributed by atoms with Gasteiger partial charge in [-0.15, -0.1) is 11.3 Å². The normalized spacial score (nSPS) is 10.1. The highest BCUT2D eigenvalue weighted by atomic mass is 79.9. The second-order valence-corrected chi connectivity index (χ2v) is 4.56. The van der Waals surface area contributed by atoms with Crippen LogP contribution in [0.1, 0.15) is 15.2 Å². The van der Waals surface area contributed by atoms with Crippen LogP contribution in [0.4, 0.5) is 0 Å². The molecule has 0 saturated carbocycles. The molecule has 0 unspecified atom stereocenters. The molecule has 0 saturated heterocycles. The number of rotatable bonds is 2. The molecule has 0 radical (unpaired) electrons. The zero-order valence-corrected chi connectivity index (χ0v) is 9.64. The molecule has 0 fully saturated rings. The van der Waals surface area contributed by atoms with Gasteiger partial charge in [-0.3, -0.25) is 4.79 Å². The Labute approximate surface area is 94.5 Å². The molecular weight excluding hydrogens is 260 g/mol. The van der Waals surface area contributed by atoms with Gasteiger partial charge in [-0.1, -0.05) is 30.3 Å². The van der Waals surface area contributed by atoms with Crippen LogP contribution in [0.5, 0.6) is 0 Å². The molecule has 0 aliphatic carbocycles. The van der Waals surface area contributed by atoms with Gasteiger partial charge in [0.25, 0.3) is 0 Å². The first-order valence-corrected chi connectivity index (χ1v) is 5.79. The van der Waals surface area contributed by atoms with E-state index >= 15 is 0 Å². The Balaban J connectivity index is 2.39. The lowest BCUT2D eigenvalue weighted by Gasteiger charge is -1.97. The monoisotopic (exact) mass is 266 g/mol. The van der Waals surface area contributed by atoms with E-state index < -0.39 is 0 Å². The van der Waals surface area contributed by atoms with E-state index in [9.17, 15) is 4.79 Å². The summed E-state index contributed by atoms with van der Waals surface area (Å²) < 4.78 is 0.872. The Morgan fingerprint density at radius 2 is 1.86 bits per heavy atom. The summed E-state index contributed by atoms with van der Waals surface area (Å²) in [5.41, 5.74) is 0.732. The van der Waals surface area contributed by atoms with E-state index in [2.05, 4.69) is 15.9 Å². The van der Waals surface area contributed by atoms with Gasteiger partial charge in [0.15, 0.2) is 0 Å². The van der Waals surface area contributed by atoms with E-state index in [0.29, 0.717) is 0 Å². The summed E-state index contributed by atoms with van der Waals surface area (Å²) in [4.78, 5) is 12.7. The van der Waals surface area contributed by atoms with Crippen molar-refractivity contribution in [3.63, 3.8) is 0 Å². The molecule has 2 rings (SSSR count). The van der Waals surface area contributed by atoms with Gasteiger partial charge < -0.3 is 0 Å². The number of carbonyl (C=O) groups excluding carboxylic acids is 1. The molecule has 0 aliphatic heterocycles. The molecule has 0 N–H and O–H groups in total. The molecule has 70 valence electrons. The van der Waals surface area contributed by atoms with E-state index in [1.807, 2.05) is 41.8 Å². The fourth-order valence-corrected chi connectivity index (χ4v) is 2.69. The van der Waals surface area contributed by atoms with Crippen LogP contribution in [-0.2, 0) is 0 Å². The number of hydrogen-bond donors (Lipinski definition) is 0. The number of benzene rings is 1. The smallest absolute Gasteiger partial charge is 0.204 e. The van der Waals surface area contributed by atoms with Crippen molar-refractivity contribution in [2.24, 2.45) is 0 Å². The molecule has 0 aliphatic rings. The minimum atomic E-state index is 0.0764. The molecule has 1 aromatic carbocycles. The third kappa shape index (κ3) is 1.79. The highest BCUT2D eigenvalue weighted by Crippen LogP contribution is 2.25. The Morgan fingerprint density at radius 1 is 1.14 bits per heavy atom. The summed E-state index contributed by atoms with van der Waals surface area (Å²) in [7, 11) is 0. The zero-order valence-electron chi connectivity index (χ0n) is 7.24. The van der Waals surface area contributed by atoms with Crippen LogP contribution in [0.2, 0.25) is 0 Å². The van der Waals surface area contributed by atoms with Crippen molar-refractivity contribution in [1.29, 1.82) is 0 Å². The lowest BCUT2D eigenvalue weighted by atomic mass is 10.1. The van der Waals surface area contributed by atoms with Crippen molar-refractivity contribution >= 4 is 33.0 Å². The van der Waals surface area contributed by atoms with Crippen molar-refractivity contribution in [2.75, 3.05) is 0 Å². The van der Waals surface area contributed by atoms with Gasteiger partial charge in [-0.25, -0.2) is 0 Å². The summed E-state index contributed by atoms with van der Waals surface area (Å²) in [6, 6.07) is 11.2. The molecule has 2 aromatic rings. The van der Waals surface area contributed by atoms with Crippen LogP contribution in [0.15, 0.2) is 46.3 Å². The van der Waals surface area contributed by atoms with Crippen molar-refractivity contribution in [2.45, 2.75) is 0 Å². The largest absolute Gasteiger partial charge is 0.288 e. The molecule has 0 atom stereocenters. The fraction of sp³-hybridized carbons (Fsp3) is 0. The lowest BCUT2D eigenvalue weighted by molar-refractivity contribution is 0.104. The SMILES string of the molecule is O=C(c1ccccc1)c1sccc1Br. The second-order valence-electron chi connectivity index (χ2n) is 2.79. The lowest BCUT2D eigenvalue weighted by Crippen LogP contribution is -1.98. The van der Waals surface area contributed by atoms with E-state index in [-0.39, 0.29) is 5.78 Å². The third-order valence-electron chi connectivity index (χ3n) is 1.86. The molecule has 3 heteroatoms. The Bertz CT molecular complexity index is 447. The standard InChI is InChI=1S/C11H7BrOS/c12-9-6-7-14-11(9)10(13)8-4-2-1-3-5-8/h1-7H. The second kappa shape index (κ2) is 4.07. The molecule has 1 nitrogen and oxygen atoms in total. The molecule has 1 heterocycles. The number of ketones is 1. The average Bonchev–Trinajstić information content (AvgIpc) is 2.65. The van der Waals surface area contributed by atoms with Gasteiger partial charge >= 0.3 is 0 Å². The number of halogens is 1. The maximum Gasteiger partial charge on any atom is 0.204 e. The molecule has 0 bridgehead atoms. The average molecular weight is 267 g/mol. The summed E-state index contributed by atoms with van der Waals surface area (Å²) >= 11 is 4.81. The van der Waals surface area contributed by atoms with Gasteiger partial charge in [0, 0.05) is 10.0 Å². The Kier molecular flexibility index (Phi) is 2.79. The number of hydrogen-bond acceptors (Lipinski definition) is 2. The van der Waals surface area contributed by atoms with Crippen LogP contribution >= 0.6 is 27.3 Å². The van der Waals surface area contributed by atoms with E-state index in [4.69, 9.17) is 0 Å². The van der Waals surface area contributed by atoms with Gasteiger partial charge in [-0.05, 0) is 27.4 Å². The minimum absolute atomic E-state index is 0.0764. The van der Waals surface area contributed by atoms with Crippen LogP contribution in [0, 0.1) is 0 Å². The Hall–Kier alpha value is -0.930. The predicted molar refractivity (Wildman–Crippen MR) is 61.9 cm³/mol. The van der Waals surface area contributed by atoms with Crippen LogP contribution in [0.25, 0.3) is 0 Å². The summed E-state index contributed by atoms with van der Waals surface area (Å²) in [6.07, 6.45) is 0. The molecule has 1 aromatic heterocycles. The van der Waals surface area contributed by atoms with Crippen LogP contribution in [0.3, 0.4) is 0 Å². The van der Waals surface area contributed by atoms with Gasteiger partial charge in [0.1, 0.15) is 0 Å². The van der Waals surface area contributed by atoms with E-state index in [1.165, 1.54) is 11.3 Å².